The summed E-state index contributed by atoms with van der Waals surface area (Å²) in [4.78, 5) is 11.6. The van der Waals surface area contributed by atoms with Gasteiger partial charge in [-0.2, -0.15) is 0 Å². The molecule has 0 atom stereocenters. The Morgan fingerprint density at radius 2 is 2.24 bits per heavy atom. The quantitative estimate of drug-likeness (QED) is 0.728. The van der Waals surface area contributed by atoms with E-state index in [1.54, 1.807) is 24.3 Å². The Morgan fingerprint density at radius 3 is 2.94 bits per heavy atom. The molecule has 1 amide bonds. The zero-order chi connectivity index (χ0) is 12.5. The van der Waals surface area contributed by atoms with Gasteiger partial charge in [0.2, 0.25) is 0 Å². The van der Waals surface area contributed by atoms with Crippen molar-refractivity contribution < 1.29 is 14.6 Å². The van der Waals surface area contributed by atoms with E-state index in [1.165, 1.54) is 0 Å². The van der Waals surface area contributed by atoms with Crippen LogP contribution in [-0.4, -0.2) is 37.4 Å². The fourth-order valence-corrected chi connectivity index (χ4v) is 1.46. The summed E-state index contributed by atoms with van der Waals surface area (Å²) in [6, 6.07) is 6.80. The molecule has 0 aliphatic carbocycles. The molecule has 4 nitrogen and oxygen atoms in total. The molecule has 0 spiro atoms. The highest BCUT2D eigenvalue weighted by Crippen LogP contribution is 2.10. The second-order valence-corrected chi connectivity index (χ2v) is 3.89. The number of hydrogen-bond acceptors (Lipinski definition) is 3. The van der Waals surface area contributed by atoms with E-state index in [0.29, 0.717) is 36.8 Å². The lowest BCUT2D eigenvalue weighted by Crippen LogP contribution is -2.25. The number of rotatable bonds is 7. The number of ether oxygens (including phenoxy) is 1. The van der Waals surface area contributed by atoms with Crippen LogP contribution in [0.1, 0.15) is 16.8 Å². The molecule has 0 heterocycles. The Balaban J connectivity index is 2.21. The lowest BCUT2D eigenvalue weighted by atomic mass is 10.2. The van der Waals surface area contributed by atoms with Crippen molar-refractivity contribution >= 4 is 17.5 Å². The van der Waals surface area contributed by atoms with Crippen molar-refractivity contribution in [2.45, 2.75) is 6.42 Å². The van der Waals surface area contributed by atoms with Gasteiger partial charge in [0.05, 0.1) is 13.2 Å². The van der Waals surface area contributed by atoms with Gasteiger partial charge >= 0.3 is 0 Å². The van der Waals surface area contributed by atoms with Crippen LogP contribution in [0.5, 0.6) is 0 Å². The van der Waals surface area contributed by atoms with E-state index in [4.69, 9.17) is 21.4 Å². The zero-order valence-corrected chi connectivity index (χ0v) is 10.2. The number of carbonyl (C=O) groups excluding carboxylic acids is 1. The first kappa shape index (κ1) is 14.0. The number of nitrogens with one attached hydrogen (secondary N) is 1. The SMILES string of the molecule is O=C(NCCCOCCO)c1cccc(Cl)c1. The summed E-state index contributed by atoms with van der Waals surface area (Å²) in [7, 11) is 0. The molecule has 2 N–H and O–H groups in total. The average molecular weight is 258 g/mol. The molecule has 94 valence electrons. The lowest BCUT2D eigenvalue weighted by Gasteiger charge is -2.05. The van der Waals surface area contributed by atoms with Gasteiger partial charge in [0.15, 0.2) is 0 Å². The summed E-state index contributed by atoms with van der Waals surface area (Å²) >= 11 is 5.78. The van der Waals surface area contributed by atoms with E-state index in [0.717, 1.165) is 0 Å². The molecule has 5 heteroatoms. The van der Waals surface area contributed by atoms with Crippen LogP contribution in [0, 0.1) is 0 Å². The molecule has 1 rings (SSSR count). The van der Waals surface area contributed by atoms with E-state index in [-0.39, 0.29) is 12.5 Å². The third-order valence-electron chi connectivity index (χ3n) is 2.07. The van der Waals surface area contributed by atoms with Crippen LogP contribution < -0.4 is 5.32 Å². The van der Waals surface area contributed by atoms with E-state index >= 15 is 0 Å². The van der Waals surface area contributed by atoms with Crippen molar-refractivity contribution in [3.05, 3.63) is 34.9 Å². The maximum atomic E-state index is 11.6. The third kappa shape index (κ3) is 5.68. The third-order valence-corrected chi connectivity index (χ3v) is 2.31. The van der Waals surface area contributed by atoms with Gasteiger partial charge in [-0.1, -0.05) is 17.7 Å². The van der Waals surface area contributed by atoms with E-state index < -0.39 is 0 Å². The van der Waals surface area contributed by atoms with Gasteiger partial charge in [-0.15, -0.1) is 0 Å². The first-order valence-electron chi connectivity index (χ1n) is 5.46. The highest BCUT2D eigenvalue weighted by molar-refractivity contribution is 6.30. The zero-order valence-electron chi connectivity index (χ0n) is 9.49. The molecule has 1 aromatic rings. The van der Waals surface area contributed by atoms with E-state index in [1.807, 2.05) is 0 Å². The van der Waals surface area contributed by atoms with E-state index in [9.17, 15) is 4.79 Å². The van der Waals surface area contributed by atoms with Crippen molar-refractivity contribution in [3.63, 3.8) is 0 Å². The van der Waals surface area contributed by atoms with Gasteiger partial charge < -0.3 is 15.2 Å². The normalized spacial score (nSPS) is 10.2. The fraction of sp³-hybridized carbons (Fsp3) is 0.417. The molecule has 0 aromatic heterocycles. The molecule has 0 radical (unpaired) electrons. The van der Waals surface area contributed by atoms with Crippen LogP contribution in [0.4, 0.5) is 0 Å². The van der Waals surface area contributed by atoms with Gasteiger partial charge in [0.25, 0.3) is 5.91 Å². The average Bonchev–Trinajstić information content (AvgIpc) is 2.33. The molecule has 0 aliphatic heterocycles. The maximum Gasteiger partial charge on any atom is 0.251 e. The van der Waals surface area contributed by atoms with Crippen molar-refractivity contribution in [2.75, 3.05) is 26.4 Å². The summed E-state index contributed by atoms with van der Waals surface area (Å²) in [6.45, 7) is 1.42. The molecule has 0 unspecified atom stereocenters. The Bertz CT molecular complexity index is 357. The van der Waals surface area contributed by atoms with Gasteiger partial charge in [-0.25, -0.2) is 0 Å². The summed E-state index contributed by atoms with van der Waals surface area (Å²) in [5.74, 6) is -0.144. The molecular formula is C12H16ClNO3. The minimum Gasteiger partial charge on any atom is -0.394 e. The minimum atomic E-state index is -0.144. The smallest absolute Gasteiger partial charge is 0.251 e. The Labute approximate surface area is 106 Å². The second kappa shape index (κ2) is 8.06. The Hall–Kier alpha value is -1.10. The van der Waals surface area contributed by atoms with Gasteiger partial charge in [0, 0.05) is 23.7 Å². The summed E-state index contributed by atoms with van der Waals surface area (Å²) in [5, 5.41) is 11.8. The minimum absolute atomic E-state index is 0.0227. The molecule has 17 heavy (non-hydrogen) atoms. The standard InChI is InChI=1S/C12H16ClNO3/c13-11-4-1-3-10(9-11)12(16)14-5-2-7-17-8-6-15/h1,3-4,9,15H,2,5-8H2,(H,14,16). The number of benzene rings is 1. The largest absolute Gasteiger partial charge is 0.394 e. The van der Waals surface area contributed by atoms with Crippen LogP contribution in [-0.2, 0) is 4.74 Å². The van der Waals surface area contributed by atoms with E-state index in [2.05, 4.69) is 5.32 Å². The van der Waals surface area contributed by atoms with Crippen LogP contribution in [0.3, 0.4) is 0 Å². The number of aliphatic hydroxyl groups is 1. The number of aliphatic hydroxyl groups excluding tert-OH is 1. The number of carbonyl (C=O) groups is 1. The highest BCUT2D eigenvalue weighted by atomic mass is 35.5. The van der Waals surface area contributed by atoms with Gasteiger partial charge in [-0.3, -0.25) is 4.79 Å². The molecule has 0 aliphatic rings. The van der Waals surface area contributed by atoms with Crippen LogP contribution in [0.25, 0.3) is 0 Å². The van der Waals surface area contributed by atoms with Crippen LogP contribution >= 0.6 is 11.6 Å². The molecule has 0 saturated carbocycles. The lowest BCUT2D eigenvalue weighted by molar-refractivity contribution is 0.0867. The molecule has 0 bridgehead atoms. The Kier molecular flexibility index (Phi) is 6.62. The Morgan fingerprint density at radius 1 is 1.41 bits per heavy atom. The van der Waals surface area contributed by atoms with Crippen molar-refractivity contribution in [2.24, 2.45) is 0 Å². The van der Waals surface area contributed by atoms with Crippen LogP contribution in [0.15, 0.2) is 24.3 Å². The van der Waals surface area contributed by atoms with Crippen molar-refractivity contribution in [1.29, 1.82) is 0 Å². The van der Waals surface area contributed by atoms with Crippen LogP contribution in [0.2, 0.25) is 5.02 Å². The molecule has 0 saturated heterocycles. The molecular weight excluding hydrogens is 242 g/mol. The summed E-state index contributed by atoms with van der Waals surface area (Å²) in [6.07, 6.45) is 0.715. The maximum absolute atomic E-state index is 11.6. The number of amides is 1. The van der Waals surface area contributed by atoms with Gasteiger partial charge in [0.1, 0.15) is 0 Å². The van der Waals surface area contributed by atoms with Crippen molar-refractivity contribution in [3.8, 4) is 0 Å². The predicted molar refractivity (Wildman–Crippen MR) is 66.3 cm³/mol. The monoisotopic (exact) mass is 257 g/mol. The number of hydrogen-bond donors (Lipinski definition) is 2. The van der Waals surface area contributed by atoms with Gasteiger partial charge in [-0.05, 0) is 24.6 Å². The summed E-state index contributed by atoms with van der Waals surface area (Å²) in [5.41, 5.74) is 0.550. The first-order chi connectivity index (χ1) is 8.24. The first-order valence-corrected chi connectivity index (χ1v) is 5.84. The molecule has 0 fully saturated rings. The highest BCUT2D eigenvalue weighted by Gasteiger charge is 2.04. The molecule has 1 aromatic carbocycles. The predicted octanol–water partition coefficient (Wildman–Crippen LogP) is 1.47. The second-order valence-electron chi connectivity index (χ2n) is 3.46. The topological polar surface area (TPSA) is 58.6 Å². The summed E-state index contributed by atoms with van der Waals surface area (Å²) < 4.78 is 5.07. The number of halogens is 1. The van der Waals surface area contributed by atoms with Crippen molar-refractivity contribution in [1.82, 2.24) is 5.32 Å². The fourth-order valence-electron chi connectivity index (χ4n) is 1.27.